The summed E-state index contributed by atoms with van der Waals surface area (Å²) in [5.41, 5.74) is 5.21. The van der Waals surface area contributed by atoms with Gasteiger partial charge in [-0.1, -0.05) is 39.0 Å². The Morgan fingerprint density at radius 2 is 1.89 bits per heavy atom. The number of ether oxygens (including phenoxy) is 1. The van der Waals surface area contributed by atoms with Gasteiger partial charge in [-0.3, -0.25) is 14.3 Å². The molecule has 184 valence electrons. The number of aryl methyl sites for hydroxylation is 1. The molecule has 1 aliphatic heterocycles. The van der Waals surface area contributed by atoms with Crippen LogP contribution in [0, 0.1) is 12.3 Å². The van der Waals surface area contributed by atoms with Gasteiger partial charge in [0.25, 0.3) is 0 Å². The molecule has 0 saturated carbocycles. The molecule has 2 aromatic heterocycles. The normalized spacial score (nSPS) is 13.2. The third kappa shape index (κ3) is 3.75. The summed E-state index contributed by atoms with van der Waals surface area (Å²) in [6, 6.07) is 13.6. The maximum absolute atomic E-state index is 13.0. The van der Waals surface area contributed by atoms with Crippen molar-refractivity contribution in [2.24, 2.45) is 5.41 Å². The van der Waals surface area contributed by atoms with Crippen LogP contribution in [-0.4, -0.2) is 43.5 Å². The van der Waals surface area contributed by atoms with Crippen LogP contribution in [0.3, 0.4) is 0 Å². The largest absolute Gasteiger partial charge is 0.494 e. The number of nitrogens with zero attached hydrogens (tertiary/aromatic N) is 4. The molecule has 3 heterocycles. The first-order valence-corrected chi connectivity index (χ1v) is 11.7. The zero-order valence-corrected chi connectivity index (χ0v) is 20.9. The zero-order valence-electron chi connectivity index (χ0n) is 20.9. The highest BCUT2D eigenvalue weighted by Crippen LogP contribution is 2.38. The predicted octanol–water partition coefficient (Wildman–Crippen LogP) is 5.96. The summed E-state index contributed by atoms with van der Waals surface area (Å²) in [5.74, 6) is 0.678. The summed E-state index contributed by atoms with van der Waals surface area (Å²) in [7, 11) is 1.62. The predicted molar refractivity (Wildman–Crippen MR) is 138 cm³/mol. The number of aromatic nitrogens is 3. The van der Waals surface area contributed by atoms with Crippen LogP contribution < -0.4 is 4.74 Å². The Morgan fingerprint density at radius 1 is 1.11 bits per heavy atom. The number of benzene rings is 2. The number of carbonyl (C=O) groups excluding carboxylic acids is 1. The topological polar surface area (TPSA) is 89.6 Å². The van der Waals surface area contributed by atoms with Crippen LogP contribution in [-0.2, 0) is 6.54 Å². The fraction of sp³-hybridized carbons (Fsp3) is 0.250. The van der Waals surface area contributed by atoms with E-state index < -0.39 is 11.5 Å². The fourth-order valence-electron chi connectivity index (χ4n) is 4.63. The molecule has 5 rings (SSSR count). The summed E-state index contributed by atoms with van der Waals surface area (Å²) < 4.78 is 9.20. The molecule has 0 aliphatic carbocycles. The Bertz CT molecular complexity index is 1550. The van der Waals surface area contributed by atoms with Gasteiger partial charge in [0.05, 0.1) is 30.6 Å². The van der Waals surface area contributed by atoms with E-state index >= 15 is 0 Å². The van der Waals surface area contributed by atoms with Gasteiger partial charge in [-0.15, -0.1) is 0 Å². The van der Waals surface area contributed by atoms with Crippen molar-refractivity contribution in [1.29, 1.82) is 0 Å². The van der Waals surface area contributed by atoms with Gasteiger partial charge >= 0.3 is 6.09 Å². The minimum absolute atomic E-state index is 0.0135. The SMILES string of the molecule is COc1cccc(C)c1-n1nc2c(c1-c1ccc3c(ccn3C(=O)C(C)(C)C)c1)CN(C(=O)O)C=C2. The van der Waals surface area contributed by atoms with Gasteiger partial charge in [0.1, 0.15) is 11.4 Å². The van der Waals surface area contributed by atoms with E-state index in [-0.39, 0.29) is 12.5 Å². The number of hydrogen-bond acceptors (Lipinski definition) is 4. The van der Waals surface area contributed by atoms with Crippen molar-refractivity contribution in [3.8, 4) is 22.7 Å². The number of methoxy groups -OCH3 is 1. The number of fused-ring (bicyclic) bond motifs is 2. The lowest BCUT2D eigenvalue weighted by Crippen LogP contribution is -2.26. The second kappa shape index (κ2) is 8.41. The molecule has 1 N–H and O–H groups in total. The Hall–Kier alpha value is -4.33. The van der Waals surface area contributed by atoms with E-state index in [4.69, 9.17) is 9.84 Å². The molecule has 0 unspecified atom stereocenters. The number of amides is 1. The number of hydrogen-bond donors (Lipinski definition) is 1. The lowest BCUT2D eigenvalue weighted by atomic mass is 9.95. The molecule has 1 aliphatic rings. The molecule has 36 heavy (non-hydrogen) atoms. The lowest BCUT2D eigenvalue weighted by molar-refractivity contribution is 0.0772. The molecule has 1 amide bonds. The van der Waals surface area contributed by atoms with Crippen LogP contribution in [0.5, 0.6) is 5.75 Å². The third-order valence-electron chi connectivity index (χ3n) is 6.46. The highest BCUT2D eigenvalue weighted by atomic mass is 16.5. The molecule has 4 aromatic rings. The van der Waals surface area contributed by atoms with Crippen molar-refractivity contribution < 1.29 is 19.4 Å². The maximum Gasteiger partial charge on any atom is 0.411 e. The van der Waals surface area contributed by atoms with Gasteiger partial charge in [0, 0.05) is 34.3 Å². The van der Waals surface area contributed by atoms with E-state index in [1.165, 1.54) is 11.1 Å². The van der Waals surface area contributed by atoms with Crippen LogP contribution in [0.1, 0.15) is 42.4 Å². The van der Waals surface area contributed by atoms with Gasteiger partial charge in [-0.05, 0) is 42.8 Å². The van der Waals surface area contributed by atoms with Crippen molar-refractivity contribution in [3.05, 3.63) is 71.7 Å². The Balaban J connectivity index is 1.74. The minimum Gasteiger partial charge on any atom is -0.494 e. The van der Waals surface area contributed by atoms with E-state index in [9.17, 15) is 14.7 Å². The van der Waals surface area contributed by atoms with E-state index in [1.807, 2.05) is 74.8 Å². The van der Waals surface area contributed by atoms with Crippen LogP contribution in [0.15, 0.2) is 54.9 Å². The molecule has 2 aromatic carbocycles. The van der Waals surface area contributed by atoms with Gasteiger partial charge in [-0.2, -0.15) is 5.10 Å². The maximum atomic E-state index is 13.0. The highest BCUT2D eigenvalue weighted by Gasteiger charge is 2.28. The average Bonchev–Trinajstić information content (AvgIpc) is 3.42. The second-order valence-corrected chi connectivity index (χ2v) is 9.99. The molecular formula is C28H28N4O4. The summed E-state index contributed by atoms with van der Waals surface area (Å²) in [6.07, 6.45) is 4.02. The molecule has 8 nitrogen and oxygen atoms in total. The number of para-hydroxylation sites is 1. The number of rotatable bonds is 3. The lowest BCUT2D eigenvalue weighted by Gasteiger charge is -2.20. The molecule has 0 bridgehead atoms. The van der Waals surface area contributed by atoms with Crippen LogP contribution in [0.25, 0.3) is 33.9 Å². The monoisotopic (exact) mass is 484 g/mol. The van der Waals surface area contributed by atoms with Gasteiger partial charge in [0.2, 0.25) is 5.91 Å². The first-order chi connectivity index (χ1) is 17.1. The quantitative estimate of drug-likeness (QED) is 0.387. The van der Waals surface area contributed by atoms with E-state index in [0.717, 1.165) is 39.0 Å². The standard InChI is InChI=1S/C28H28N4O4/c1-17-7-6-8-23(36-5)24(17)32-25(20-16-30(27(34)35)13-12-21(20)29-32)19-9-10-22-18(15-19)11-14-31(22)26(33)28(2,3)4/h6-15H,16H2,1-5H3,(H,34,35). The molecule has 8 heteroatoms. The Morgan fingerprint density at radius 3 is 2.58 bits per heavy atom. The molecular weight excluding hydrogens is 456 g/mol. The smallest absolute Gasteiger partial charge is 0.411 e. The van der Waals surface area contributed by atoms with Crippen molar-refractivity contribution in [2.45, 2.75) is 34.2 Å². The van der Waals surface area contributed by atoms with Crippen LogP contribution in [0.4, 0.5) is 4.79 Å². The van der Waals surface area contributed by atoms with Crippen LogP contribution >= 0.6 is 0 Å². The summed E-state index contributed by atoms with van der Waals surface area (Å²) in [4.78, 5) is 26.0. The first kappa shape index (κ1) is 23.4. The van der Waals surface area contributed by atoms with Crippen molar-refractivity contribution in [3.63, 3.8) is 0 Å². The summed E-state index contributed by atoms with van der Waals surface area (Å²) in [6.45, 7) is 7.86. The Kier molecular flexibility index (Phi) is 5.47. The molecule has 0 fully saturated rings. The summed E-state index contributed by atoms with van der Waals surface area (Å²) >= 11 is 0. The van der Waals surface area contributed by atoms with Gasteiger partial charge in [0.15, 0.2) is 0 Å². The molecule has 0 atom stereocenters. The van der Waals surface area contributed by atoms with E-state index in [0.29, 0.717) is 11.4 Å². The van der Waals surface area contributed by atoms with Crippen molar-refractivity contribution in [1.82, 2.24) is 19.2 Å². The van der Waals surface area contributed by atoms with Crippen LogP contribution in [0.2, 0.25) is 0 Å². The van der Waals surface area contributed by atoms with Gasteiger partial charge in [-0.25, -0.2) is 9.48 Å². The zero-order chi connectivity index (χ0) is 25.8. The average molecular weight is 485 g/mol. The highest BCUT2D eigenvalue weighted by molar-refractivity contribution is 5.96. The minimum atomic E-state index is -1.03. The number of carboxylic acid groups (broad SMARTS) is 1. The van der Waals surface area contributed by atoms with E-state index in [2.05, 4.69) is 0 Å². The van der Waals surface area contributed by atoms with Crippen molar-refractivity contribution in [2.75, 3.05) is 7.11 Å². The number of carbonyl (C=O) groups is 2. The molecule has 0 saturated heterocycles. The second-order valence-electron chi connectivity index (χ2n) is 9.99. The summed E-state index contributed by atoms with van der Waals surface area (Å²) in [5, 5.41) is 15.4. The Labute approximate surface area is 209 Å². The fourth-order valence-corrected chi connectivity index (χ4v) is 4.63. The van der Waals surface area contributed by atoms with Crippen molar-refractivity contribution >= 4 is 29.0 Å². The molecule has 0 radical (unpaired) electrons. The molecule has 0 spiro atoms. The first-order valence-electron chi connectivity index (χ1n) is 11.7. The van der Waals surface area contributed by atoms with E-state index in [1.54, 1.807) is 23.9 Å². The van der Waals surface area contributed by atoms with Gasteiger partial charge < -0.3 is 9.84 Å². The third-order valence-corrected chi connectivity index (χ3v) is 6.46.